The van der Waals surface area contributed by atoms with Crippen molar-refractivity contribution in [1.29, 1.82) is 0 Å². The van der Waals surface area contributed by atoms with Crippen molar-refractivity contribution in [2.45, 2.75) is 45.7 Å². The van der Waals surface area contributed by atoms with Crippen molar-refractivity contribution in [3.63, 3.8) is 0 Å². The van der Waals surface area contributed by atoms with Crippen LogP contribution in [0.2, 0.25) is 0 Å². The first kappa shape index (κ1) is 15.5. The molecule has 1 saturated heterocycles. The monoisotopic (exact) mass is 338 g/mol. The standard InChI is InChI=1S/C16H23BrN2O/c1-11(2)19(10-14-5-4-8-18-14)16(20)15-7-6-13(17)9-12(15)3/h6-7,9,11,14,18H,4-5,8,10H2,1-3H3. The smallest absolute Gasteiger partial charge is 0.254 e. The Labute approximate surface area is 129 Å². The first-order chi connectivity index (χ1) is 9.49. The minimum absolute atomic E-state index is 0.138. The van der Waals surface area contributed by atoms with Gasteiger partial charge in [0.2, 0.25) is 0 Å². The third kappa shape index (κ3) is 3.61. The molecule has 1 N–H and O–H groups in total. The molecule has 4 heteroatoms. The lowest BCUT2D eigenvalue weighted by molar-refractivity contribution is 0.0688. The second-order valence-electron chi connectivity index (χ2n) is 5.80. The molecule has 0 radical (unpaired) electrons. The number of hydrogen-bond acceptors (Lipinski definition) is 2. The third-order valence-corrected chi connectivity index (χ3v) is 4.38. The van der Waals surface area contributed by atoms with Gasteiger partial charge in [-0.2, -0.15) is 0 Å². The van der Waals surface area contributed by atoms with Crippen LogP contribution in [0.4, 0.5) is 0 Å². The number of amides is 1. The lowest BCUT2D eigenvalue weighted by Crippen LogP contribution is -2.45. The molecular formula is C16H23BrN2O. The summed E-state index contributed by atoms with van der Waals surface area (Å²) < 4.78 is 1.01. The molecule has 1 aromatic carbocycles. The molecule has 1 aliphatic rings. The molecule has 0 aliphatic carbocycles. The lowest BCUT2D eigenvalue weighted by atomic mass is 10.1. The Bertz CT molecular complexity index is 481. The van der Waals surface area contributed by atoms with Crippen molar-refractivity contribution in [2.24, 2.45) is 0 Å². The van der Waals surface area contributed by atoms with E-state index < -0.39 is 0 Å². The van der Waals surface area contributed by atoms with E-state index in [0.29, 0.717) is 6.04 Å². The van der Waals surface area contributed by atoms with E-state index in [0.717, 1.165) is 35.1 Å². The normalized spacial score (nSPS) is 18.6. The number of nitrogens with one attached hydrogen (secondary N) is 1. The summed E-state index contributed by atoms with van der Waals surface area (Å²) in [6.07, 6.45) is 2.37. The van der Waals surface area contributed by atoms with Gasteiger partial charge in [0, 0.05) is 28.7 Å². The van der Waals surface area contributed by atoms with Gasteiger partial charge in [0.1, 0.15) is 0 Å². The van der Waals surface area contributed by atoms with E-state index in [9.17, 15) is 4.79 Å². The zero-order chi connectivity index (χ0) is 14.7. The number of halogens is 1. The number of benzene rings is 1. The molecule has 0 aromatic heterocycles. The second-order valence-corrected chi connectivity index (χ2v) is 6.72. The van der Waals surface area contributed by atoms with Gasteiger partial charge in [0.05, 0.1) is 0 Å². The van der Waals surface area contributed by atoms with Crippen molar-refractivity contribution >= 4 is 21.8 Å². The molecule has 0 saturated carbocycles. The van der Waals surface area contributed by atoms with E-state index in [-0.39, 0.29) is 11.9 Å². The van der Waals surface area contributed by atoms with E-state index in [1.54, 1.807) is 0 Å². The minimum atomic E-state index is 0.138. The highest BCUT2D eigenvalue weighted by Crippen LogP contribution is 2.19. The molecule has 0 spiro atoms. The highest BCUT2D eigenvalue weighted by molar-refractivity contribution is 9.10. The summed E-state index contributed by atoms with van der Waals surface area (Å²) in [6.45, 7) is 8.03. The van der Waals surface area contributed by atoms with Crippen molar-refractivity contribution in [2.75, 3.05) is 13.1 Å². The van der Waals surface area contributed by atoms with Gasteiger partial charge in [-0.3, -0.25) is 4.79 Å². The van der Waals surface area contributed by atoms with Crippen molar-refractivity contribution in [3.8, 4) is 0 Å². The number of hydrogen-bond donors (Lipinski definition) is 1. The molecule has 3 nitrogen and oxygen atoms in total. The quantitative estimate of drug-likeness (QED) is 0.912. The van der Waals surface area contributed by atoms with E-state index in [2.05, 4.69) is 35.1 Å². The van der Waals surface area contributed by atoms with E-state index in [1.807, 2.05) is 30.0 Å². The van der Waals surface area contributed by atoms with Crippen LogP contribution >= 0.6 is 15.9 Å². The molecule has 20 heavy (non-hydrogen) atoms. The average molecular weight is 339 g/mol. The number of carbonyl (C=O) groups excluding carboxylic acids is 1. The second kappa shape index (κ2) is 6.72. The average Bonchev–Trinajstić information content (AvgIpc) is 2.87. The third-order valence-electron chi connectivity index (χ3n) is 3.88. The zero-order valence-electron chi connectivity index (χ0n) is 12.4. The first-order valence-electron chi connectivity index (χ1n) is 7.29. The Morgan fingerprint density at radius 3 is 2.80 bits per heavy atom. The summed E-state index contributed by atoms with van der Waals surface area (Å²) in [5.41, 5.74) is 1.83. The highest BCUT2D eigenvalue weighted by atomic mass is 79.9. The Balaban J connectivity index is 2.17. The number of rotatable bonds is 4. The van der Waals surface area contributed by atoms with Crippen LogP contribution in [0.1, 0.15) is 42.6 Å². The summed E-state index contributed by atoms with van der Waals surface area (Å²) in [7, 11) is 0. The van der Waals surface area contributed by atoms with Crippen molar-refractivity contribution in [1.82, 2.24) is 10.2 Å². The lowest BCUT2D eigenvalue weighted by Gasteiger charge is -2.30. The number of carbonyl (C=O) groups is 1. The van der Waals surface area contributed by atoms with Crippen LogP contribution in [0, 0.1) is 6.92 Å². The van der Waals surface area contributed by atoms with Crippen LogP contribution in [0.25, 0.3) is 0 Å². The van der Waals surface area contributed by atoms with Crippen LogP contribution in [-0.2, 0) is 0 Å². The highest BCUT2D eigenvalue weighted by Gasteiger charge is 2.25. The maximum Gasteiger partial charge on any atom is 0.254 e. The minimum Gasteiger partial charge on any atom is -0.335 e. The molecule has 0 bridgehead atoms. The number of aryl methyl sites for hydroxylation is 1. The van der Waals surface area contributed by atoms with Gasteiger partial charge < -0.3 is 10.2 Å². The fourth-order valence-corrected chi connectivity index (χ4v) is 3.18. The maximum atomic E-state index is 12.8. The molecule has 1 aliphatic heterocycles. The molecule has 1 fully saturated rings. The molecular weight excluding hydrogens is 316 g/mol. The largest absolute Gasteiger partial charge is 0.335 e. The topological polar surface area (TPSA) is 32.3 Å². The van der Waals surface area contributed by atoms with E-state index in [4.69, 9.17) is 0 Å². The van der Waals surface area contributed by atoms with Gasteiger partial charge in [0.15, 0.2) is 0 Å². The van der Waals surface area contributed by atoms with Crippen LogP contribution < -0.4 is 5.32 Å². The van der Waals surface area contributed by atoms with Crippen LogP contribution in [-0.4, -0.2) is 36.0 Å². The molecule has 1 unspecified atom stereocenters. The summed E-state index contributed by atoms with van der Waals surface area (Å²) in [5.74, 6) is 0.138. The van der Waals surface area contributed by atoms with Gasteiger partial charge in [-0.05, 0) is 63.9 Å². The Morgan fingerprint density at radius 1 is 1.50 bits per heavy atom. The summed E-state index contributed by atoms with van der Waals surface area (Å²) in [4.78, 5) is 14.8. The molecule has 1 atom stereocenters. The fraction of sp³-hybridized carbons (Fsp3) is 0.562. The molecule has 2 rings (SSSR count). The van der Waals surface area contributed by atoms with Gasteiger partial charge >= 0.3 is 0 Å². The SMILES string of the molecule is Cc1cc(Br)ccc1C(=O)N(CC1CCCN1)C(C)C. The Kier molecular flexibility index (Phi) is 5.22. The first-order valence-corrected chi connectivity index (χ1v) is 8.09. The van der Waals surface area contributed by atoms with Gasteiger partial charge in [0.25, 0.3) is 5.91 Å². The molecule has 110 valence electrons. The van der Waals surface area contributed by atoms with Crippen molar-refractivity contribution < 1.29 is 4.79 Å². The van der Waals surface area contributed by atoms with Gasteiger partial charge in [-0.15, -0.1) is 0 Å². The predicted octanol–water partition coefficient (Wildman–Crippen LogP) is 3.36. The van der Waals surface area contributed by atoms with Crippen molar-refractivity contribution in [3.05, 3.63) is 33.8 Å². The number of nitrogens with zero attached hydrogens (tertiary/aromatic N) is 1. The summed E-state index contributed by atoms with van der Waals surface area (Å²) in [5, 5.41) is 3.47. The summed E-state index contributed by atoms with van der Waals surface area (Å²) >= 11 is 3.45. The Morgan fingerprint density at radius 2 is 2.25 bits per heavy atom. The van der Waals surface area contributed by atoms with Crippen LogP contribution in [0.5, 0.6) is 0 Å². The fourth-order valence-electron chi connectivity index (χ4n) is 2.70. The summed E-state index contributed by atoms with van der Waals surface area (Å²) in [6, 6.07) is 6.51. The van der Waals surface area contributed by atoms with E-state index in [1.165, 1.54) is 6.42 Å². The van der Waals surface area contributed by atoms with Crippen LogP contribution in [0.3, 0.4) is 0 Å². The van der Waals surface area contributed by atoms with Crippen LogP contribution in [0.15, 0.2) is 22.7 Å². The molecule has 1 aromatic rings. The van der Waals surface area contributed by atoms with Gasteiger partial charge in [-0.1, -0.05) is 15.9 Å². The Hall–Kier alpha value is -0.870. The maximum absolute atomic E-state index is 12.8. The van der Waals surface area contributed by atoms with E-state index >= 15 is 0 Å². The zero-order valence-corrected chi connectivity index (χ0v) is 14.0. The van der Waals surface area contributed by atoms with Gasteiger partial charge in [-0.25, -0.2) is 0 Å². The predicted molar refractivity (Wildman–Crippen MR) is 86.1 cm³/mol. The molecule has 1 heterocycles. The molecule has 1 amide bonds.